The van der Waals surface area contributed by atoms with Crippen molar-refractivity contribution in [3.05, 3.63) is 36.0 Å². The van der Waals surface area contributed by atoms with Gasteiger partial charge in [0.1, 0.15) is 0 Å². The largest absolute Gasteiger partial charge is 0.381 e. The SMILES string of the molecule is C=C1C=CC(C#N)=CC1CC(OC)C(C)(C)C. The Bertz CT molecular complexity index is 390. The first-order valence-electron chi connectivity index (χ1n) is 5.90. The van der Waals surface area contributed by atoms with E-state index in [1.54, 1.807) is 7.11 Å². The first-order valence-corrected chi connectivity index (χ1v) is 5.90. The number of nitriles is 1. The Morgan fingerprint density at radius 2 is 2.12 bits per heavy atom. The monoisotopic (exact) mass is 231 g/mol. The molecule has 1 rings (SSSR count). The Kier molecular flexibility index (Phi) is 4.31. The lowest BCUT2D eigenvalue weighted by atomic mass is 9.79. The molecule has 0 spiro atoms. The van der Waals surface area contributed by atoms with Gasteiger partial charge in [0.25, 0.3) is 0 Å². The molecule has 0 bridgehead atoms. The molecule has 0 amide bonds. The van der Waals surface area contributed by atoms with Gasteiger partial charge in [-0.2, -0.15) is 5.26 Å². The van der Waals surface area contributed by atoms with E-state index in [1.165, 1.54) is 0 Å². The van der Waals surface area contributed by atoms with Crippen molar-refractivity contribution in [2.75, 3.05) is 7.11 Å². The van der Waals surface area contributed by atoms with Gasteiger partial charge >= 0.3 is 0 Å². The highest BCUT2D eigenvalue weighted by Gasteiger charge is 2.28. The molecule has 0 aliphatic heterocycles. The summed E-state index contributed by atoms with van der Waals surface area (Å²) in [4.78, 5) is 0. The Morgan fingerprint density at radius 1 is 1.47 bits per heavy atom. The molecule has 1 aliphatic rings. The molecule has 0 radical (unpaired) electrons. The minimum Gasteiger partial charge on any atom is -0.381 e. The minimum atomic E-state index is 0.0941. The van der Waals surface area contributed by atoms with Gasteiger partial charge < -0.3 is 4.74 Å². The molecular weight excluding hydrogens is 210 g/mol. The third-order valence-electron chi connectivity index (χ3n) is 3.18. The topological polar surface area (TPSA) is 33.0 Å². The van der Waals surface area contributed by atoms with E-state index in [2.05, 4.69) is 33.4 Å². The highest BCUT2D eigenvalue weighted by atomic mass is 16.5. The van der Waals surface area contributed by atoms with E-state index in [-0.39, 0.29) is 17.4 Å². The Balaban J connectivity index is 2.81. The molecule has 2 atom stereocenters. The van der Waals surface area contributed by atoms with Crippen LogP contribution in [0.1, 0.15) is 27.2 Å². The summed E-state index contributed by atoms with van der Waals surface area (Å²) in [5.41, 5.74) is 1.86. The van der Waals surface area contributed by atoms with Crippen LogP contribution < -0.4 is 0 Å². The van der Waals surface area contributed by atoms with E-state index in [4.69, 9.17) is 10.00 Å². The number of ether oxygens (including phenoxy) is 1. The summed E-state index contributed by atoms with van der Waals surface area (Å²) in [7, 11) is 1.74. The van der Waals surface area contributed by atoms with Crippen LogP contribution in [-0.2, 0) is 4.74 Å². The van der Waals surface area contributed by atoms with Gasteiger partial charge in [-0.3, -0.25) is 0 Å². The summed E-state index contributed by atoms with van der Waals surface area (Å²) in [5, 5.41) is 8.92. The maximum atomic E-state index is 8.92. The predicted octanol–water partition coefficient (Wildman–Crippen LogP) is 3.63. The van der Waals surface area contributed by atoms with Crippen LogP contribution in [0.5, 0.6) is 0 Å². The molecule has 0 aromatic carbocycles. The van der Waals surface area contributed by atoms with Crippen molar-refractivity contribution in [2.24, 2.45) is 11.3 Å². The number of hydrogen-bond acceptors (Lipinski definition) is 2. The van der Waals surface area contributed by atoms with E-state index in [9.17, 15) is 0 Å². The number of rotatable bonds is 3. The van der Waals surface area contributed by atoms with Crippen molar-refractivity contribution in [2.45, 2.75) is 33.3 Å². The number of allylic oxidation sites excluding steroid dienone is 5. The molecule has 2 unspecified atom stereocenters. The summed E-state index contributed by atoms with van der Waals surface area (Å²) in [5.74, 6) is 0.207. The fourth-order valence-electron chi connectivity index (χ4n) is 2.03. The van der Waals surface area contributed by atoms with Crippen LogP contribution in [0, 0.1) is 22.7 Å². The molecule has 92 valence electrons. The lowest BCUT2D eigenvalue weighted by Gasteiger charge is -2.32. The van der Waals surface area contributed by atoms with Gasteiger partial charge in [0.05, 0.1) is 12.2 Å². The van der Waals surface area contributed by atoms with Crippen LogP contribution in [0.25, 0.3) is 0 Å². The highest BCUT2D eigenvalue weighted by Crippen LogP contribution is 2.32. The summed E-state index contributed by atoms with van der Waals surface area (Å²) < 4.78 is 5.56. The zero-order chi connectivity index (χ0) is 13.1. The summed E-state index contributed by atoms with van der Waals surface area (Å²) in [6.07, 6.45) is 6.76. The second kappa shape index (κ2) is 5.33. The van der Waals surface area contributed by atoms with Crippen molar-refractivity contribution in [1.29, 1.82) is 5.26 Å². The average Bonchev–Trinajstić information content (AvgIpc) is 2.26. The van der Waals surface area contributed by atoms with E-state index in [0.29, 0.717) is 5.57 Å². The molecule has 2 nitrogen and oxygen atoms in total. The van der Waals surface area contributed by atoms with Crippen LogP contribution in [0.2, 0.25) is 0 Å². The van der Waals surface area contributed by atoms with Crippen molar-refractivity contribution >= 4 is 0 Å². The maximum absolute atomic E-state index is 8.92. The van der Waals surface area contributed by atoms with Gasteiger partial charge in [0.2, 0.25) is 0 Å². The standard InChI is InChI=1S/C15H21NO/c1-11-6-7-12(10-16)8-13(11)9-14(17-5)15(2,3)4/h6-8,13-14H,1,9H2,2-5H3. The third kappa shape index (κ3) is 3.57. The predicted molar refractivity (Wildman–Crippen MR) is 70.3 cm³/mol. The summed E-state index contributed by atoms with van der Waals surface area (Å²) in [6, 6.07) is 2.18. The first-order chi connectivity index (χ1) is 7.88. The molecule has 0 fully saturated rings. The number of hydrogen-bond donors (Lipinski definition) is 0. The van der Waals surface area contributed by atoms with Crippen molar-refractivity contribution in [1.82, 2.24) is 0 Å². The second-order valence-electron chi connectivity index (χ2n) is 5.57. The van der Waals surface area contributed by atoms with Gasteiger partial charge in [-0.05, 0) is 23.5 Å². The van der Waals surface area contributed by atoms with E-state index >= 15 is 0 Å². The Morgan fingerprint density at radius 3 is 2.59 bits per heavy atom. The summed E-state index contributed by atoms with van der Waals surface area (Å²) in [6.45, 7) is 10.5. The molecule has 0 N–H and O–H groups in total. The van der Waals surface area contributed by atoms with Crippen LogP contribution >= 0.6 is 0 Å². The zero-order valence-corrected chi connectivity index (χ0v) is 11.2. The fraction of sp³-hybridized carbons (Fsp3) is 0.533. The van der Waals surface area contributed by atoms with Crippen LogP contribution in [0.4, 0.5) is 0 Å². The maximum Gasteiger partial charge on any atom is 0.0988 e. The lowest BCUT2D eigenvalue weighted by molar-refractivity contribution is 0.00589. The van der Waals surface area contributed by atoms with Crippen LogP contribution in [0.3, 0.4) is 0 Å². The molecule has 0 saturated carbocycles. The van der Waals surface area contributed by atoms with Crippen molar-refractivity contribution < 1.29 is 4.74 Å². The normalized spacial score (nSPS) is 21.9. The Hall–Kier alpha value is -1.33. The first kappa shape index (κ1) is 13.7. The molecule has 0 heterocycles. The smallest absolute Gasteiger partial charge is 0.0988 e. The minimum absolute atomic E-state index is 0.0941. The lowest BCUT2D eigenvalue weighted by Crippen LogP contribution is -2.30. The molecule has 0 aromatic heterocycles. The van der Waals surface area contributed by atoms with Crippen LogP contribution in [-0.4, -0.2) is 13.2 Å². The van der Waals surface area contributed by atoms with Gasteiger partial charge in [-0.1, -0.05) is 39.5 Å². The van der Waals surface area contributed by atoms with Crippen LogP contribution in [0.15, 0.2) is 36.0 Å². The van der Waals surface area contributed by atoms with Gasteiger partial charge in [0, 0.05) is 18.6 Å². The Labute approximate surface area is 104 Å². The number of methoxy groups -OCH3 is 1. The van der Waals surface area contributed by atoms with E-state index < -0.39 is 0 Å². The molecule has 0 aromatic rings. The molecule has 0 saturated heterocycles. The van der Waals surface area contributed by atoms with Gasteiger partial charge in [0.15, 0.2) is 0 Å². The molecule has 17 heavy (non-hydrogen) atoms. The third-order valence-corrected chi connectivity index (χ3v) is 3.18. The van der Waals surface area contributed by atoms with Crippen molar-refractivity contribution in [3.63, 3.8) is 0 Å². The summed E-state index contributed by atoms with van der Waals surface area (Å²) >= 11 is 0. The van der Waals surface area contributed by atoms with Gasteiger partial charge in [-0.25, -0.2) is 0 Å². The number of nitrogens with zero attached hydrogens (tertiary/aromatic N) is 1. The highest BCUT2D eigenvalue weighted by molar-refractivity contribution is 5.43. The fourth-order valence-corrected chi connectivity index (χ4v) is 2.03. The zero-order valence-electron chi connectivity index (χ0n) is 11.2. The molecule has 1 aliphatic carbocycles. The second-order valence-corrected chi connectivity index (χ2v) is 5.57. The van der Waals surface area contributed by atoms with E-state index in [0.717, 1.165) is 12.0 Å². The molecule has 2 heteroatoms. The van der Waals surface area contributed by atoms with Crippen molar-refractivity contribution in [3.8, 4) is 6.07 Å². The quantitative estimate of drug-likeness (QED) is 0.743. The molecular formula is C15H21NO. The average molecular weight is 231 g/mol. The van der Waals surface area contributed by atoms with E-state index in [1.807, 2.05) is 18.2 Å². The van der Waals surface area contributed by atoms with Gasteiger partial charge in [-0.15, -0.1) is 0 Å².